The molecule has 0 radical (unpaired) electrons. The maximum absolute atomic E-state index is 11.9. The number of anilines is 1. The molecule has 2 rings (SSSR count). The van der Waals surface area contributed by atoms with E-state index in [0.717, 1.165) is 31.9 Å². The Morgan fingerprint density at radius 3 is 2.35 bits per heavy atom. The van der Waals surface area contributed by atoms with Crippen molar-refractivity contribution in [2.75, 3.05) is 51.4 Å². The lowest BCUT2D eigenvalue weighted by Crippen LogP contribution is -2.44. The molecule has 1 aromatic rings. The van der Waals surface area contributed by atoms with Gasteiger partial charge in [-0.2, -0.15) is 0 Å². The minimum Gasteiger partial charge on any atom is -0.491 e. The summed E-state index contributed by atoms with van der Waals surface area (Å²) < 4.78 is 17.2. The molecule has 0 N–H and O–H groups in total. The number of piperazine rings is 1. The number of likely N-dealkylation sites (N-methyl/N-ethyl adjacent to an activating group) is 1. The molecular formula is C13H19FN2O. The van der Waals surface area contributed by atoms with E-state index in [1.54, 1.807) is 0 Å². The second kappa shape index (κ2) is 5.87. The van der Waals surface area contributed by atoms with Crippen molar-refractivity contribution in [3.63, 3.8) is 0 Å². The Labute approximate surface area is 102 Å². The fraction of sp³-hybridized carbons (Fsp3) is 0.538. The monoisotopic (exact) mass is 238 g/mol. The molecule has 4 heteroatoms. The smallest absolute Gasteiger partial charge is 0.123 e. The van der Waals surface area contributed by atoms with Gasteiger partial charge in [0.25, 0.3) is 0 Å². The van der Waals surface area contributed by atoms with Crippen LogP contribution in [-0.2, 0) is 0 Å². The molecule has 1 saturated heterocycles. The molecule has 0 aromatic heterocycles. The molecule has 0 atom stereocenters. The van der Waals surface area contributed by atoms with E-state index in [0.29, 0.717) is 0 Å². The Morgan fingerprint density at radius 2 is 1.76 bits per heavy atom. The van der Waals surface area contributed by atoms with E-state index >= 15 is 0 Å². The van der Waals surface area contributed by atoms with Gasteiger partial charge in [0.2, 0.25) is 0 Å². The Bertz CT molecular complexity index is 334. The summed E-state index contributed by atoms with van der Waals surface area (Å²) >= 11 is 0. The number of ether oxygens (including phenoxy) is 1. The van der Waals surface area contributed by atoms with Crippen LogP contribution in [0.5, 0.6) is 5.75 Å². The molecule has 0 amide bonds. The zero-order chi connectivity index (χ0) is 12.1. The molecule has 1 fully saturated rings. The van der Waals surface area contributed by atoms with E-state index in [2.05, 4.69) is 16.8 Å². The van der Waals surface area contributed by atoms with Crippen LogP contribution in [0.25, 0.3) is 0 Å². The summed E-state index contributed by atoms with van der Waals surface area (Å²) in [4.78, 5) is 4.69. The second-order valence-electron chi connectivity index (χ2n) is 4.32. The van der Waals surface area contributed by atoms with Gasteiger partial charge in [0.15, 0.2) is 0 Å². The first-order valence-corrected chi connectivity index (χ1v) is 6.02. The fourth-order valence-electron chi connectivity index (χ4n) is 1.97. The number of hydrogen-bond acceptors (Lipinski definition) is 3. The van der Waals surface area contributed by atoms with Crippen molar-refractivity contribution in [1.29, 1.82) is 0 Å². The predicted molar refractivity (Wildman–Crippen MR) is 67.6 cm³/mol. The minimum absolute atomic E-state index is 0.133. The summed E-state index contributed by atoms with van der Waals surface area (Å²) in [5, 5.41) is 0. The number of nitrogens with zero attached hydrogens (tertiary/aromatic N) is 2. The minimum atomic E-state index is -0.444. The van der Waals surface area contributed by atoms with Crippen LogP contribution in [0.4, 0.5) is 10.1 Å². The second-order valence-corrected chi connectivity index (χ2v) is 4.32. The van der Waals surface area contributed by atoms with Crippen LogP contribution in [0.1, 0.15) is 0 Å². The lowest BCUT2D eigenvalue weighted by molar-refractivity contribution is 0.273. The highest BCUT2D eigenvalue weighted by Gasteiger charge is 2.13. The van der Waals surface area contributed by atoms with E-state index in [4.69, 9.17) is 4.74 Å². The van der Waals surface area contributed by atoms with Crippen molar-refractivity contribution in [2.24, 2.45) is 0 Å². The van der Waals surface area contributed by atoms with Gasteiger partial charge < -0.3 is 14.5 Å². The summed E-state index contributed by atoms with van der Waals surface area (Å²) in [5.74, 6) is 0.737. The van der Waals surface area contributed by atoms with Crippen molar-refractivity contribution in [3.05, 3.63) is 24.3 Å². The molecule has 0 spiro atoms. The highest BCUT2D eigenvalue weighted by Crippen LogP contribution is 2.20. The highest BCUT2D eigenvalue weighted by molar-refractivity contribution is 5.49. The highest BCUT2D eigenvalue weighted by atomic mass is 19.1. The van der Waals surface area contributed by atoms with Crippen molar-refractivity contribution in [1.82, 2.24) is 4.90 Å². The molecule has 1 aliphatic rings. The van der Waals surface area contributed by atoms with Crippen LogP contribution < -0.4 is 9.64 Å². The predicted octanol–water partition coefficient (Wildman–Crippen LogP) is 1.79. The molecule has 1 heterocycles. The Hall–Kier alpha value is -1.29. The number of rotatable bonds is 4. The van der Waals surface area contributed by atoms with Crippen LogP contribution in [0.15, 0.2) is 24.3 Å². The number of benzene rings is 1. The van der Waals surface area contributed by atoms with Gasteiger partial charge in [-0.25, -0.2) is 4.39 Å². The first kappa shape index (κ1) is 12.2. The van der Waals surface area contributed by atoms with Gasteiger partial charge in [0, 0.05) is 31.9 Å². The Balaban J connectivity index is 1.93. The van der Waals surface area contributed by atoms with Gasteiger partial charge in [-0.1, -0.05) is 0 Å². The van der Waals surface area contributed by atoms with Gasteiger partial charge in [-0.05, 0) is 31.3 Å². The van der Waals surface area contributed by atoms with Gasteiger partial charge in [0.1, 0.15) is 19.0 Å². The molecule has 0 aliphatic carbocycles. The molecule has 0 bridgehead atoms. The zero-order valence-electron chi connectivity index (χ0n) is 10.2. The van der Waals surface area contributed by atoms with E-state index in [1.807, 2.05) is 24.3 Å². The van der Waals surface area contributed by atoms with Gasteiger partial charge in [-0.15, -0.1) is 0 Å². The lowest BCUT2D eigenvalue weighted by atomic mass is 10.2. The molecule has 3 nitrogen and oxygen atoms in total. The zero-order valence-corrected chi connectivity index (χ0v) is 10.2. The van der Waals surface area contributed by atoms with E-state index in [9.17, 15) is 4.39 Å². The maximum Gasteiger partial charge on any atom is 0.123 e. The van der Waals surface area contributed by atoms with Crippen LogP contribution in [0.2, 0.25) is 0 Å². The van der Waals surface area contributed by atoms with E-state index in [-0.39, 0.29) is 6.61 Å². The van der Waals surface area contributed by atoms with Crippen LogP contribution in [-0.4, -0.2) is 51.4 Å². The normalized spacial score (nSPS) is 17.2. The maximum atomic E-state index is 11.9. The van der Waals surface area contributed by atoms with Crippen molar-refractivity contribution < 1.29 is 9.13 Å². The van der Waals surface area contributed by atoms with Crippen LogP contribution >= 0.6 is 0 Å². The van der Waals surface area contributed by atoms with Crippen LogP contribution in [0, 0.1) is 0 Å². The third-order valence-electron chi connectivity index (χ3n) is 3.05. The van der Waals surface area contributed by atoms with Gasteiger partial charge in [-0.3, -0.25) is 0 Å². The summed E-state index contributed by atoms with van der Waals surface area (Å²) in [6.07, 6.45) is 0. The first-order valence-electron chi connectivity index (χ1n) is 6.02. The third-order valence-corrected chi connectivity index (χ3v) is 3.05. The summed E-state index contributed by atoms with van der Waals surface area (Å²) in [7, 11) is 2.14. The molecule has 0 saturated carbocycles. The molecular weight excluding hydrogens is 219 g/mol. The van der Waals surface area contributed by atoms with E-state index in [1.165, 1.54) is 5.69 Å². The van der Waals surface area contributed by atoms with Crippen molar-refractivity contribution >= 4 is 5.69 Å². The fourth-order valence-corrected chi connectivity index (χ4v) is 1.97. The summed E-state index contributed by atoms with van der Waals surface area (Å²) in [6.45, 7) is 4.00. The SMILES string of the molecule is CN1CCN(c2ccc(OCCF)cc2)CC1. The number of alkyl halides is 1. The topological polar surface area (TPSA) is 15.7 Å². The molecule has 0 unspecified atom stereocenters. The first-order chi connectivity index (χ1) is 8.29. The van der Waals surface area contributed by atoms with Crippen molar-refractivity contribution in [2.45, 2.75) is 0 Å². The van der Waals surface area contributed by atoms with Gasteiger partial charge >= 0.3 is 0 Å². The standard InChI is InChI=1S/C13H19FN2O/c1-15-7-9-16(10-8-15)12-2-4-13(5-3-12)17-11-6-14/h2-5H,6-11H2,1H3. The lowest BCUT2D eigenvalue weighted by Gasteiger charge is -2.34. The van der Waals surface area contributed by atoms with Crippen molar-refractivity contribution in [3.8, 4) is 5.75 Å². The average molecular weight is 238 g/mol. The summed E-state index contributed by atoms with van der Waals surface area (Å²) in [5.41, 5.74) is 1.21. The molecule has 1 aliphatic heterocycles. The Kier molecular flexibility index (Phi) is 4.20. The quantitative estimate of drug-likeness (QED) is 0.795. The van der Waals surface area contributed by atoms with Crippen LogP contribution in [0.3, 0.4) is 0 Å². The average Bonchev–Trinajstić information content (AvgIpc) is 2.38. The number of halogens is 1. The molecule has 17 heavy (non-hydrogen) atoms. The third kappa shape index (κ3) is 3.33. The summed E-state index contributed by atoms with van der Waals surface area (Å²) in [6, 6.07) is 7.89. The Morgan fingerprint density at radius 1 is 1.12 bits per heavy atom. The largest absolute Gasteiger partial charge is 0.491 e. The molecule has 94 valence electrons. The number of hydrogen-bond donors (Lipinski definition) is 0. The van der Waals surface area contributed by atoms with E-state index < -0.39 is 6.67 Å². The van der Waals surface area contributed by atoms with Gasteiger partial charge in [0.05, 0.1) is 0 Å². The molecule has 1 aromatic carbocycles.